The maximum atomic E-state index is 12.5. The largest absolute Gasteiger partial charge is 0.454 e. The van der Waals surface area contributed by atoms with Gasteiger partial charge in [0.05, 0.1) is 11.9 Å². The minimum Gasteiger partial charge on any atom is -0.454 e. The fraction of sp³-hybridized carbons (Fsp3) is 0.600. The van der Waals surface area contributed by atoms with E-state index in [9.17, 15) is 8.42 Å². The Morgan fingerprint density at radius 1 is 1.36 bits per heavy atom. The van der Waals surface area contributed by atoms with Gasteiger partial charge in [-0.15, -0.1) is 0 Å². The lowest BCUT2D eigenvalue weighted by molar-refractivity contribution is 0.142. The summed E-state index contributed by atoms with van der Waals surface area (Å²) in [6.45, 7) is 2.45. The topological polar surface area (TPSA) is 87.9 Å². The van der Waals surface area contributed by atoms with E-state index in [1.54, 1.807) is 14.0 Å². The van der Waals surface area contributed by atoms with Crippen molar-refractivity contribution in [1.82, 2.24) is 0 Å². The molecule has 0 saturated heterocycles. The summed E-state index contributed by atoms with van der Waals surface area (Å²) in [5.41, 5.74) is 6.29. The highest BCUT2D eigenvalue weighted by atomic mass is 32.2. The van der Waals surface area contributed by atoms with Crippen molar-refractivity contribution in [2.24, 2.45) is 11.1 Å². The minimum atomic E-state index is -3.21. The van der Waals surface area contributed by atoms with Crippen molar-refractivity contribution in [3.05, 3.63) is 23.8 Å². The fourth-order valence-electron chi connectivity index (χ4n) is 3.55. The van der Waals surface area contributed by atoms with Crippen LogP contribution in [0.5, 0.6) is 11.5 Å². The molecule has 0 aromatic heterocycles. The van der Waals surface area contributed by atoms with E-state index in [1.165, 1.54) is 0 Å². The molecule has 3 atom stereocenters. The molecule has 1 fully saturated rings. The van der Waals surface area contributed by atoms with Gasteiger partial charge in [0.25, 0.3) is 0 Å². The Kier molecular flexibility index (Phi) is 3.82. The quantitative estimate of drug-likeness (QED) is 0.835. The van der Waals surface area contributed by atoms with Crippen LogP contribution in [0.15, 0.2) is 18.2 Å². The number of benzene rings is 1. The first kappa shape index (κ1) is 15.6. The van der Waals surface area contributed by atoms with Crippen LogP contribution in [0.2, 0.25) is 0 Å². The van der Waals surface area contributed by atoms with Crippen LogP contribution in [0.4, 0.5) is 0 Å². The number of fused-ring (bicyclic) bond motifs is 1. The van der Waals surface area contributed by atoms with Gasteiger partial charge in [0, 0.05) is 30.7 Å². The van der Waals surface area contributed by atoms with Crippen LogP contribution >= 0.6 is 0 Å². The summed E-state index contributed by atoms with van der Waals surface area (Å²) in [7, 11) is -1.64. The van der Waals surface area contributed by atoms with Gasteiger partial charge in [-0.25, -0.2) is 8.42 Å². The molecule has 0 unspecified atom stereocenters. The highest BCUT2D eigenvalue weighted by Gasteiger charge is 2.69. The van der Waals surface area contributed by atoms with Gasteiger partial charge in [0.2, 0.25) is 6.79 Å². The number of rotatable bonds is 6. The molecule has 6 nitrogen and oxygen atoms in total. The summed E-state index contributed by atoms with van der Waals surface area (Å²) < 4.78 is 40.9. The molecule has 2 aliphatic rings. The van der Waals surface area contributed by atoms with Gasteiger partial charge < -0.3 is 19.9 Å². The van der Waals surface area contributed by atoms with E-state index in [2.05, 4.69) is 0 Å². The second-order valence-corrected chi connectivity index (χ2v) is 8.24. The van der Waals surface area contributed by atoms with Gasteiger partial charge in [-0.05, 0) is 17.7 Å². The number of methoxy groups -OCH3 is 1. The van der Waals surface area contributed by atoms with Crippen molar-refractivity contribution >= 4 is 9.84 Å². The van der Waals surface area contributed by atoms with Crippen molar-refractivity contribution in [3.63, 3.8) is 0 Å². The third-order valence-electron chi connectivity index (χ3n) is 4.72. The Balaban J connectivity index is 2.00. The molecule has 2 N–H and O–H groups in total. The van der Waals surface area contributed by atoms with E-state index in [1.807, 2.05) is 18.2 Å². The normalized spacial score (nSPS) is 29.6. The second-order valence-electron chi connectivity index (χ2n) is 5.83. The smallest absolute Gasteiger partial charge is 0.231 e. The number of hydrogen-bond donors (Lipinski definition) is 1. The van der Waals surface area contributed by atoms with Gasteiger partial charge >= 0.3 is 0 Å². The average Bonchev–Trinajstić information content (AvgIpc) is 2.96. The second kappa shape index (κ2) is 5.40. The molecule has 1 aromatic rings. The molecule has 1 aliphatic heterocycles. The summed E-state index contributed by atoms with van der Waals surface area (Å²) >= 11 is 0. The van der Waals surface area contributed by atoms with Crippen molar-refractivity contribution < 1.29 is 22.6 Å². The average molecular weight is 327 g/mol. The third-order valence-corrected chi connectivity index (χ3v) is 7.04. The standard InChI is InChI=1S/C15H21NO5S/c1-3-22(17,18)14-13(15(14,7-16)8-19-2)10-4-5-11-12(6-10)21-9-20-11/h4-6,13-14H,3,7-9,16H2,1-2H3/t13-,14+,15-/m1/s1. The lowest BCUT2D eigenvalue weighted by Gasteiger charge is -2.14. The van der Waals surface area contributed by atoms with Gasteiger partial charge in [-0.2, -0.15) is 0 Å². The van der Waals surface area contributed by atoms with Gasteiger partial charge in [0.1, 0.15) is 0 Å². The van der Waals surface area contributed by atoms with E-state index in [0.29, 0.717) is 18.1 Å². The van der Waals surface area contributed by atoms with Crippen LogP contribution in [-0.2, 0) is 14.6 Å². The first-order valence-corrected chi connectivity index (χ1v) is 9.02. The highest BCUT2D eigenvalue weighted by Crippen LogP contribution is 2.63. The number of nitrogens with two attached hydrogens (primary N) is 1. The summed E-state index contributed by atoms with van der Waals surface area (Å²) in [5.74, 6) is 1.27. The molecule has 1 saturated carbocycles. The van der Waals surface area contributed by atoms with E-state index < -0.39 is 20.5 Å². The molecule has 7 heteroatoms. The zero-order valence-electron chi connectivity index (χ0n) is 12.7. The number of ether oxygens (including phenoxy) is 3. The molecule has 22 heavy (non-hydrogen) atoms. The molecule has 0 bridgehead atoms. The predicted molar refractivity (Wildman–Crippen MR) is 81.9 cm³/mol. The Morgan fingerprint density at radius 3 is 2.73 bits per heavy atom. The lowest BCUT2D eigenvalue weighted by atomic mass is 9.99. The minimum absolute atomic E-state index is 0.101. The van der Waals surface area contributed by atoms with Crippen LogP contribution in [0.3, 0.4) is 0 Å². The molecule has 0 spiro atoms. The zero-order valence-corrected chi connectivity index (χ0v) is 13.6. The van der Waals surface area contributed by atoms with Crippen molar-refractivity contribution in [3.8, 4) is 11.5 Å². The Hall–Kier alpha value is -1.31. The number of hydrogen-bond acceptors (Lipinski definition) is 6. The molecule has 1 aromatic carbocycles. The summed E-state index contributed by atoms with van der Waals surface area (Å²) in [6.07, 6.45) is 0. The Bertz CT molecular complexity index is 675. The van der Waals surface area contributed by atoms with Crippen molar-refractivity contribution in [2.75, 3.05) is 32.8 Å². The first-order chi connectivity index (χ1) is 10.5. The number of sulfone groups is 1. The van der Waals surface area contributed by atoms with Gasteiger partial charge in [-0.1, -0.05) is 13.0 Å². The molecule has 1 aliphatic carbocycles. The third kappa shape index (κ3) is 2.19. The van der Waals surface area contributed by atoms with Crippen molar-refractivity contribution in [1.29, 1.82) is 0 Å². The summed E-state index contributed by atoms with van der Waals surface area (Å²) in [4.78, 5) is 0. The summed E-state index contributed by atoms with van der Waals surface area (Å²) in [6, 6.07) is 5.57. The van der Waals surface area contributed by atoms with Crippen LogP contribution < -0.4 is 15.2 Å². The maximum Gasteiger partial charge on any atom is 0.231 e. The Morgan fingerprint density at radius 2 is 2.09 bits per heavy atom. The van der Waals surface area contributed by atoms with Crippen LogP contribution in [0.25, 0.3) is 0 Å². The van der Waals surface area contributed by atoms with Crippen molar-refractivity contribution in [2.45, 2.75) is 18.1 Å². The van der Waals surface area contributed by atoms with E-state index in [-0.39, 0.29) is 25.0 Å². The van der Waals surface area contributed by atoms with E-state index in [0.717, 1.165) is 5.56 Å². The predicted octanol–water partition coefficient (Wildman–Crippen LogP) is 0.907. The van der Waals surface area contributed by atoms with E-state index >= 15 is 0 Å². The monoisotopic (exact) mass is 327 g/mol. The van der Waals surface area contributed by atoms with Crippen LogP contribution in [0.1, 0.15) is 18.4 Å². The molecular formula is C15H21NO5S. The summed E-state index contributed by atoms with van der Waals surface area (Å²) in [5, 5.41) is -0.504. The highest BCUT2D eigenvalue weighted by molar-refractivity contribution is 7.92. The Labute approximate surface area is 130 Å². The molecule has 1 heterocycles. The van der Waals surface area contributed by atoms with Crippen LogP contribution in [0, 0.1) is 5.41 Å². The molecule has 0 amide bonds. The van der Waals surface area contributed by atoms with Gasteiger partial charge in [0.15, 0.2) is 21.3 Å². The lowest BCUT2D eigenvalue weighted by Crippen LogP contribution is -2.28. The maximum absolute atomic E-state index is 12.5. The SMILES string of the molecule is CCS(=O)(=O)[C@H]1[C@@H](c2ccc3c(c2)OCO3)[C@@]1(CN)COC. The zero-order chi connectivity index (χ0) is 16.0. The van der Waals surface area contributed by atoms with Gasteiger partial charge in [-0.3, -0.25) is 0 Å². The molecule has 3 rings (SSSR count). The fourth-order valence-corrected chi connectivity index (χ4v) is 5.70. The molecular weight excluding hydrogens is 306 g/mol. The molecule has 122 valence electrons. The first-order valence-electron chi connectivity index (χ1n) is 7.30. The molecule has 0 radical (unpaired) electrons. The van der Waals surface area contributed by atoms with E-state index in [4.69, 9.17) is 19.9 Å². The van der Waals surface area contributed by atoms with Crippen LogP contribution in [-0.4, -0.2) is 46.5 Å².